The van der Waals surface area contributed by atoms with Crippen molar-refractivity contribution in [1.82, 2.24) is 9.55 Å². The Morgan fingerprint density at radius 1 is 1.75 bits per heavy atom. The van der Waals surface area contributed by atoms with Gasteiger partial charge < -0.3 is 9.67 Å². The molecule has 0 aliphatic heterocycles. The van der Waals surface area contributed by atoms with Crippen LogP contribution in [0.2, 0.25) is 0 Å². The standard InChI is InChI=1S/C8H12N2O2/c1-3-10-7(5-11)4-9-8(10)6(2)12/h4,11H,3,5H2,1-2H3. The number of carbonyl (C=O) groups is 1. The van der Waals surface area contributed by atoms with Crippen LogP contribution in [0.5, 0.6) is 0 Å². The molecule has 4 heteroatoms. The molecule has 0 unspecified atom stereocenters. The summed E-state index contributed by atoms with van der Waals surface area (Å²) in [4.78, 5) is 14.9. The molecule has 1 N–H and O–H groups in total. The first-order chi connectivity index (χ1) is 5.70. The quantitative estimate of drug-likeness (QED) is 0.672. The molecule has 0 saturated carbocycles. The molecule has 1 aromatic heterocycles. The minimum absolute atomic E-state index is 0.0726. The number of hydrogen-bond donors (Lipinski definition) is 1. The van der Waals surface area contributed by atoms with Crippen molar-refractivity contribution in [3.8, 4) is 0 Å². The van der Waals surface area contributed by atoms with E-state index in [4.69, 9.17) is 5.11 Å². The van der Waals surface area contributed by atoms with E-state index in [1.807, 2.05) is 6.92 Å². The third kappa shape index (κ3) is 1.38. The Hall–Kier alpha value is -1.16. The summed E-state index contributed by atoms with van der Waals surface area (Å²) in [6.07, 6.45) is 1.53. The fraction of sp³-hybridized carbons (Fsp3) is 0.500. The van der Waals surface area contributed by atoms with Crippen LogP contribution in [-0.2, 0) is 13.2 Å². The molecule has 0 aliphatic rings. The number of aliphatic hydroxyl groups is 1. The largest absolute Gasteiger partial charge is 0.390 e. The number of nitrogens with zero attached hydrogens (tertiary/aromatic N) is 2. The molecule has 0 radical (unpaired) electrons. The van der Waals surface area contributed by atoms with Gasteiger partial charge in [0.1, 0.15) is 0 Å². The molecule has 1 heterocycles. The third-order valence-corrected chi connectivity index (χ3v) is 1.73. The molecule has 0 fully saturated rings. The molecular weight excluding hydrogens is 156 g/mol. The number of carbonyl (C=O) groups excluding carboxylic acids is 1. The van der Waals surface area contributed by atoms with Crippen LogP contribution in [0.15, 0.2) is 6.20 Å². The van der Waals surface area contributed by atoms with Gasteiger partial charge in [0, 0.05) is 13.5 Å². The first-order valence-corrected chi connectivity index (χ1v) is 3.86. The summed E-state index contributed by atoms with van der Waals surface area (Å²) in [5, 5.41) is 8.87. The van der Waals surface area contributed by atoms with E-state index < -0.39 is 0 Å². The average molecular weight is 168 g/mol. The third-order valence-electron chi connectivity index (χ3n) is 1.73. The predicted molar refractivity (Wildman–Crippen MR) is 43.8 cm³/mol. The zero-order chi connectivity index (χ0) is 9.14. The topological polar surface area (TPSA) is 55.1 Å². The molecule has 1 aromatic rings. The summed E-state index contributed by atoms with van der Waals surface area (Å²) in [5.74, 6) is 0.345. The van der Waals surface area contributed by atoms with Crippen LogP contribution < -0.4 is 0 Å². The zero-order valence-corrected chi connectivity index (χ0v) is 7.24. The van der Waals surface area contributed by atoms with Crippen LogP contribution in [0.25, 0.3) is 0 Å². The molecule has 0 bridgehead atoms. The highest BCUT2D eigenvalue weighted by molar-refractivity contribution is 5.90. The number of Topliss-reactive ketones (excluding diaryl/α,β-unsaturated/α-hetero) is 1. The van der Waals surface area contributed by atoms with Gasteiger partial charge in [-0.15, -0.1) is 0 Å². The Balaban J connectivity index is 3.13. The Morgan fingerprint density at radius 3 is 2.83 bits per heavy atom. The summed E-state index contributed by atoms with van der Waals surface area (Å²) < 4.78 is 1.71. The average Bonchev–Trinajstić information content (AvgIpc) is 2.46. The van der Waals surface area contributed by atoms with Crippen molar-refractivity contribution in [2.24, 2.45) is 0 Å². The second kappa shape index (κ2) is 3.49. The number of rotatable bonds is 3. The summed E-state index contributed by atoms with van der Waals surface area (Å²) in [6, 6.07) is 0. The van der Waals surface area contributed by atoms with Gasteiger partial charge in [-0.25, -0.2) is 4.98 Å². The minimum atomic E-state index is -0.0753. The van der Waals surface area contributed by atoms with Crippen LogP contribution in [-0.4, -0.2) is 20.4 Å². The van der Waals surface area contributed by atoms with E-state index in [1.165, 1.54) is 13.1 Å². The Labute approximate surface area is 70.9 Å². The fourth-order valence-corrected chi connectivity index (χ4v) is 1.17. The number of aliphatic hydroxyl groups excluding tert-OH is 1. The van der Waals surface area contributed by atoms with Gasteiger partial charge in [-0.3, -0.25) is 4.79 Å². The molecule has 0 aliphatic carbocycles. The second-order valence-electron chi connectivity index (χ2n) is 2.53. The van der Waals surface area contributed by atoms with Gasteiger partial charge in [0.05, 0.1) is 18.5 Å². The smallest absolute Gasteiger partial charge is 0.195 e. The van der Waals surface area contributed by atoms with E-state index >= 15 is 0 Å². The molecule has 12 heavy (non-hydrogen) atoms. The maximum atomic E-state index is 11.0. The fourth-order valence-electron chi connectivity index (χ4n) is 1.17. The maximum absolute atomic E-state index is 11.0. The first-order valence-electron chi connectivity index (χ1n) is 3.86. The van der Waals surface area contributed by atoms with E-state index in [9.17, 15) is 4.79 Å². The maximum Gasteiger partial charge on any atom is 0.195 e. The van der Waals surface area contributed by atoms with E-state index in [2.05, 4.69) is 4.98 Å². The van der Waals surface area contributed by atoms with Crippen LogP contribution >= 0.6 is 0 Å². The molecular formula is C8H12N2O2. The zero-order valence-electron chi connectivity index (χ0n) is 7.24. The number of imidazole rings is 1. The molecule has 0 aromatic carbocycles. The van der Waals surface area contributed by atoms with Gasteiger partial charge in [0.25, 0.3) is 0 Å². The molecule has 0 spiro atoms. The van der Waals surface area contributed by atoms with Gasteiger partial charge in [0.2, 0.25) is 0 Å². The highest BCUT2D eigenvalue weighted by atomic mass is 16.3. The van der Waals surface area contributed by atoms with Gasteiger partial charge in [0.15, 0.2) is 11.6 Å². The second-order valence-corrected chi connectivity index (χ2v) is 2.53. The highest BCUT2D eigenvalue weighted by Gasteiger charge is 2.10. The Morgan fingerprint density at radius 2 is 2.42 bits per heavy atom. The van der Waals surface area contributed by atoms with Crippen molar-refractivity contribution in [2.45, 2.75) is 27.0 Å². The molecule has 0 atom stereocenters. The van der Waals surface area contributed by atoms with E-state index in [0.29, 0.717) is 18.1 Å². The number of hydrogen-bond acceptors (Lipinski definition) is 3. The van der Waals surface area contributed by atoms with Crippen LogP contribution in [0.4, 0.5) is 0 Å². The SMILES string of the molecule is CCn1c(CO)cnc1C(C)=O. The van der Waals surface area contributed by atoms with Gasteiger partial charge in [-0.2, -0.15) is 0 Å². The predicted octanol–water partition coefficient (Wildman–Crippen LogP) is 0.598. The normalized spacial score (nSPS) is 10.2. The van der Waals surface area contributed by atoms with Gasteiger partial charge >= 0.3 is 0 Å². The highest BCUT2D eigenvalue weighted by Crippen LogP contribution is 2.05. The summed E-state index contributed by atoms with van der Waals surface area (Å²) in [7, 11) is 0. The summed E-state index contributed by atoms with van der Waals surface area (Å²) >= 11 is 0. The number of aromatic nitrogens is 2. The Kier molecular flexibility index (Phi) is 2.60. The van der Waals surface area contributed by atoms with Gasteiger partial charge in [-0.1, -0.05) is 0 Å². The van der Waals surface area contributed by atoms with E-state index in [0.717, 1.165) is 0 Å². The molecule has 0 amide bonds. The van der Waals surface area contributed by atoms with Crippen molar-refractivity contribution in [3.63, 3.8) is 0 Å². The summed E-state index contributed by atoms with van der Waals surface area (Å²) in [5.41, 5.74) is 0.683. The molecule has 4 nitrogen and oxygen atoms in total. The van der Waals surface area contributed by atoms with Crippen LogP contribution in [0.1, 0.15) is 30.2 Å². The van der Waals surface area contributed by atoms with Crippen molar-refractivity contribution in [1.29, 1.82) is 0 Å². The molecule has 66 valence electrons. The monoisotopic (exact) mass is 168 g/mol. The van der Waals surface area contributed by atoms with E-state index in [-0.39, 0.29) is 12.4 Å². The van der Waals surface area contributed by atoms with Crippen LogP contribution in [0.3, 0.4) is 0 Å². The lowest BCUT2D eigenvalue weighted by molar-refractivity contribution is 0.0999. The number of ketones is 1. The van der Waals surface area contributed by atoms with E-state index in [1.54, 1.807) is 4.57 Å². The van der Waals surface area contributed by atoms with Crippen molar-refractivity contribution >= 4 is 5.78 Å². The molecule has 0 saturated heterocycles. The lowest BCUT2D eigenvalue weighted by atomic mass is 10.4. The lowest BCUT2D eigenvalue weighted by Gasteiger charge is -2.04. The van der Waals surface area contributed by atoms with Crippen LogP contribution in [0, 0.1) is 0 Å². The van der Waals surface area contributed by atoms with Crippen molar-refractivity contribution in [2.75, 3.05) is 0 Å². The van der Waals surface area contributed by atoms with Crippen molar-refractivity contribution < 1.29 is 9.90 Å². The summed E-state index contributed by atoms with van der Waals surface area (Å²) in [6.45, 7) is 3.96. The Bertz CT molecular complexity index is 291. The lowest BCUT2D eigenvalue weighted by Crippen LogP contribution is -2.09. The van der Waals surface area contributed by atoms with Crippen molar-refractivity contribution in [3.05, 3.63) is 17.7 Å². The van der Waals surface area contributed by atoms with Gasteiger partial charge in [-0.05, 0) is 6.92 Å². The minimum Gasteiger partial charge on any atom is -0.390 e. The first kappa shape index (κ1) is 8.93. The molecule has 1 rings (SSSR count).